The van der Waals surface area contributed by atoms with Gasteiger partial charge in [0.25, 0.3) is 0 Å². The van der Waals surface area contributed by atoms with Crippen LogP contribution < -0.4 is 9.47 Å². The van der Waals surface area contributed by atoms with Crippen molar-refractivity contribution in [1.29, 1.82) is 5.41 Å². The molecule has 16 heavy (non-hydrogen) atoms. The minimum absolute atomic E-state index is 0.475. The summed E-state index contributed by atoms with van der Waals surface area (Å²) in [5.74, 6) is 1.49. The first-order valence-electron chi connectivity index (χ1n) is 4.60. The van der Waals surface area contributed by atoms with Crippen molar-refractivity contribution in [2.75, 3.05) is 26.7 Å². The van der Waals surface area contributed by atoms with Crippen LogP contribution in [0.25, 0.3) is 0 Å². The van der Waals surface area contributed by atoms with E-state index in [2.05, 4.69) is 0 Å². The summed E-state index contributed by atoms with van der Waals surface area (Å²) in [6.07, 6.45) is 3.85. The fourth-order valence-corrected chi connectivity index (χ4v) is 2.26. The van der Waals surface area contributed by atoms with Crippen LogP contribution in [0.15, 0.2) is 17.0 Å². The van der Waals surface area contributed by atoms with Crippen molar-refractivity contribution in [1.82, 2.24) is 0 Å². The van der Waals surface area contributed by atoms with Crippen LogP contribution in [0.3, 0.4) is 0 Å². The molecule has 0 saturated carbocycles. The molecule has 0 aliphatic carbocycles. The number of hydrogen-bond donors (Lipinski definition) is 1. The molecule has 0 bridgehead atoms. The molecule has 3 nitrogen and oxygen atoms in total. The molecule has 0 unspecified atom stereocenters. The number of methoxy groups -OCH3 is 2. The molecule has 0 aliphatic heterocycles. The van der Waals surface area contributed by atoms with Gasteiger partial charge in [-0.1, -0.05) is 0 Å². The Kier molecular flexibility index (Phi) is 5.02. The maximum absolute atomic E-state index is 7.84. The van der Waals surface area contributed by atoms with E-state index in [4.69, 9.17) is 14.9 Å². The Morgan fingerprint density at radius 2 is 1.75 bits per heavy atom. The van der Waals surface area contributed by atoms with E-state index in [9.17, 15) is 0 Å². The van der Waals surface area contributed by atoms with Gasteiger partial charge in [-0.2, -0.15) is 0 Å². The second kappa shape index (κ2) is 6.06. The molecule has 0 aromatic heterocycles. The first-order valence-corrected chi connectivity index (χ1v) is 7.05. The Labute approximate surface area is 104 Å². The normalized spacial score (nSPS) is 10.0. The third-order valence-electron chi connectivity index (χ3n) is 2.15. The van der Waals surface area contributed by atoms with Crippen LogP contribution in [-0.4, -0.2) is 31.8 Å². The van der Waals surface area contributed by atoms with E-state index in [1.165, 1.54) is 11.8 Å². The zero-order valence-corrected chi connectivity index (χ0v) is 11.4. The molecule has 0 aliphatic rings. The van der Waals surface area contributed by atoms with Crippen molar-refractivity contribution in [3.63, 3.8) is 0 Å². The molecule has 0 amide bonds. The predicted molar refractivity (Wildman–Crippen MR) is 71.7 cm³/mol. The van der Waals surface area contributed by atoms with E-state index >= 15 is 0 Å². The third-order valence-corrected chi connectivity index (χ3v) is 3.54. The lowest BCUT2D eigenvalue weighted by atomic mass is 10.2. The zero-order chi connectivity index (χ0) is 12.1. The minimum Gasteiger partial charge on any atom is -0.496 e. The van der Waals surface area contributed by atoms with Crippen LogP contribution in [0.2, 0.25) is 0 Å². The highest BCUT2D eigenvalue weighted by atomic mass is 32.2. The fraction of sp³-hybridized carbons (Fsp3) is 0.364. The van der Waals surface area contributed by atoms with Gasteiger partial charge in [-0.15, -0.1) is 23.5 Å². The number of ether oxygens (including phenoxy) is 2. The number of nitrogens with one attached hydrogen (secondary N) is 1. The van der Waals surface area contributed by atoms with Gasteiger partial charge in [0, 0.05) is 0 Å². The summed E-state index contributed by atoms with van der Waals surface area (Å²) in [4.78, 5) is 1.01. The highest BCUT2D eigenvalue weighted by molar-refractivity contribution is 8.13. The molecule has 0 saturated heterocycles. The van der Waals surface area contributed by atoms with E-state index in [1.807, 2.05) is 24.6 Å². The molecule has 0 heterocycles. The van der Waals surface area contributed by atoms with Crippen molar-refractivity contribution in [2.45, 2.75) is 4.90 Å². The first-order chi connectivity index (χ1) is 7.67. The van der Waals surface area contributed by atoms with Gasteiger partial charge in [0.15, 0.2) is 0 Å². The summed E-state index contributed by atoms with van der Waals surface area (Å²) in [6.45, 7) is 0. The molecule has 1 aromatic rings. The van der Waals surface area contributed by atoms with Crippen molar-refractivity contribution >= 4 is 28.6 Å². The van der Waals surface area contributed by atoms with Gasteiger partial charge in [0.1, 0.15) is 11.5 Å². The molecule has 5 heteroatoms. The summed E-state index contributed by atoms with van der Waals surface area (Å²) in [6, 6.07) is 3.76. The van der Waals surface area contributed by atoms with E-state index < -0.39 is 0 Å². The van der Waals surface area contributed by atoms with Crippen LogP contribution >= 0.6 is 23.5 Å². The molecule has 0 atom stereocenters. The number of hydrogen-bond acceptors (Lipinski definition) is 5. The van der Waals surface area contributed by atoms with Gasteiger partial charge in [0.05, 0.1) is 29.7 Å². The van der Waals surface area contributed by atoms with E-state index in [1.54, 1.807) is 26.0 Å². The Balaban J connectivity index is 3.31. The predicted octanol–water partition coefficient (Wildman–Crippen LogP) is 3.11. The molecular formula is C11H15NO2S2. The summed E-state index contributed by atoms with van der Waals surface area (Å²) in [5.41, 5.74) is 0.768. The van der Waals surface area contributed by atoms with Crippen molar-refractivity contribution in [3.8, 4) is 11.5 Å². The maximum Gasteiger partial charge on any atom is 0.133 e. The lowest BCUT2D eigenvalue weighted by molar-refractivity contribution is 0.393. The van der Waals surface area contributed by atoms with Gasteiger partial charge >= 0.3 is 0 Å². The minimum atomic E-state index is 0.475. The quantitative estimate of drug-likeness (QED) is 0.511. The third kappa shape index (κ3) is 2.65. The molecule has 1 rings (SSSR count). The fourth-order valence-electron chi connectivity index (χ4n) is 1.32. The monoisotopic (exact) mass is 257 g/mol. The lowest BCUT2D eigenvalue weighted by Crippen LogP contribution is -1.99. The highest BCUT2D eigenvalue weighted by Crippen LogP contribution is 2.35. The zero-order valence-electron chi connectivity index (χ0n) is 9.79. The molecule has 1 N–H and O–H groups in total. The van der Waals surface area contributed by atoms with Crippen LogP contribution in [0.1, 0.15) is 5.56 Å². The van der Waals surface area contributed by atoms with Crippen LogP contribution in [0, 0.1) is 5.41 Å². The Morgan fingerprint density at radius 3 is 2.19 bits per heavy atom. The van der Waals surface area contributed by atoms with Gasteiger partial charge < -0.3 is 9.47 Å². The van der Waals surface area contributed by atoms with E-state index in [0.717, 1.165) is 16.2 Å². The van der Waals surface area contributed by atoms with Crippen molar-refractivity contribution < 1.29 is 9.47 Å². The SMILES string of the molecule is COc1cc(C(=N)SC)c(OC)cc1SC. The van der Waals surface area contributed by atoms with Gasteiger partial charge in [-0.25, -0.2) is 0 Å². The first kappa shape index (κ1) is 13.3. The van der Waals surface area contributed by atoms with E-state index in [-0.39, 0.29) is 0 Å². The summed E-state index contributed by atoms with van der Waals surface area (Å²) in [7, 11) is 3.25. The molecule has 1 aromatic carbocycles. The van der Waals surface area contributed by atoms with Crippen LogP contribution in [0.4, 0.5) is 0 Å². The van der Waals surface area contributed by atoms with Gasteiger partial charge in [-0.05, 0) is 24.6 Å². The molecular weight excluding hydrogens is 242 g/mol. The summed E-state index contributed by atoms with van der Waals surface area (Å²) in [5, 5.41) is 8.32. The second-order valence-electron chi connectivity index (χ2n) is 2.94. The Hall–Kier alpha value is -0.810. The number of benzene rings is 1. The van der Waals surface area contributed by atoms with Crippen LogP contribution in [0.5, 0.6) is 11.5 Å². The van der Waals surface area contributed by atoms with Crippen molar-refractivity contribution in [3.05, 3.63) is 17.7 Å². The topological polar surface area (TPSA) is 42.3 Å². The molecule has 0 spiro atoms. The Morgan fingerprint density at radius 1 is 1.12 bits per heavy atom. The maximum atomic E-state index is 7.84. The largest absolute Gasteiger partial charge is 0.496 e. The summed E-state index contributed by atoms with van der Waals surface area (Å²) >= 11 is 2.98. The van der Waals surface area contributed by atoms with Crippen molar-refractivity contribution in [2.24, 2.45) is 0 Å². The second-order valence-corrected chi connectivity index (χ2v) is 4.61. The van der Waals surface area contributed by atoms with Gasteiger partial charge in [0.2, 0.25) is 0 Å². The number of thioether (sulfide) groups is 2. The standard InChI is InChI=1S/C11H15NO2S2/c1-13-8-6-10(15-3)9(14-2)5-7(8)11(12)16-4/h5-6,12H,1-4H3. The number of rotatable bonds is 4. The van der Waals surface area contributed by atoms with Gasteiger partial charge in [-0.3, -0.25) is 5.41 Å². The van der Waals surface area contributed by atoms with Crippen LogP contribution in [-0.2, 0) is 0 Å². The molecule has 0 fully saturated rings. The molecule has 88 valence electrons. The lowest BCUT2D eigenvalue weighted by Gasteiger charge is -2.13. The summed E-state index contributed by atoms with van der Waals surface area (Å²) < 4.78 is 10.6. The average molecular weight is 257 g/mol. The Bertz CT molecular complexity index is 394. The van der Waals surface area contributed by atoms with E-state index in [0.29, 0.717) is 10.8 Å². The average Bonchev–Trinajstić information content (AvgIpc) is 2.35. The smallest absolute Gasteiger partial charge is 0.133 e. The highest BCUT2D eigenvalue weighted by Gasteiger charge is 2.13. The molecule has 0 radical (unpaired) electrons.